The largest absolute Gasteiger partial charge is 0.465 e. The summed E-state index contributed by atoms with van der Waals surface area (Å²) in [7, 11) is 1.33. The molecule has 0 fully saturated rings. The third-order valence-electron chi connectivity index (χ3n) is 2.98. The van der Waals surface area contributed by atoms with E-state index in [1.54, 1.807) is 22.9 Å². The van der Waals surface area contributed by atoms with Gasteiger partial charge in [-0.25, -0.2) is 9.78 Å². The first-order valence-corrected chi connectivity index (χ1v) is 7.01. The van der Waals surface area contributed by atoms with E-state index in [0.29, 0.717) is 39.6 Å². The standard InChI is InChI=1S/C13H11BrN4O3/c1-3-10-16-17-12(21-10)8-4-7(13(19)20-2)6-18-9(14)5-15-11(8)18/h4-6H,3H2,1-2H3. The molecular weight excluding hydrogens is 340 g/mol. The average Bonchev–Trinajstić information content (AvgIpc) is 3.13. The van der Waals surface area contributed by atoms with Crippen LogP contribution in [0.4, 0.5) is 0 Å². The Morgan fingerprint density at radius 2 is 2.29 bits per heavy atom. The molecule has 0 N–H and O–H groups in total. The number of esters is 1. The van der Waals surface area contributed by atoms with E-state index in [0.717, 1.165) is 0 Å². The van der Waals surface area contributed by atoms with Crippen LogP contribution < -0.4 is 0 Å². The molecule has 0 aromatic carbocycles. The molecule has 0 aliphatic heterocycles. The molecule has 0 saturated heterocycles. The normalized spacial score (nSPS) is 11.0. The van der Waals surface area contributed by atoms with Crippen molar-refractivity contribution >= 4 is 27.5 Å². The van der Waals surface area contributed by atoms with Gasteiger partial charge in [-0.1, -0.05) is 6.92 Å². The van der Waals surface area contributed by atoms with Gasteiger partial charge in [0.2, 0.25) is 5.89 Å². The van der Waals surface area contributed by atoms with Crippen LogP contribution in [0, 0.1) is 0 Å². The molecule has 0 aliphatic rings. The zero-order valence-electron chi connectivity index (χ0n) is 11.3. The Balaban J connectivity index is 2.26. The van der Waals surface area contributed by atoms with Crippen molar-refractivity contribution < 1.29 is 13.9 Å². The van der Waals surface area contributed by atoms with Gasteiger partial charge in [-0.15, -0.1) is 10.2 Å². The van der Waals surface area contributed by atoms with Crippen LogP contribution in [-0.4, -0.2) is 32.7 Å². The molecule has 8 heteroatoms. The molecule has 3 aromatic heterocycles. The second kappa shape index (κ2) is 5.28. The number of rotatable bonds is 3. The highest BCUT2D eigenvalue weighted by Gasteiger charge is 2.18. The Labute approximate surface area is 128 Å². The van der Waals surface area contributed by atoms with Gasteiger partial charge >= 0.3 is 5.97 Å². The molecule has 0 unspecified atom stereocenters. The maximum Gasteiger partial charge on any atom is 0.339 e. The third-order valence-corrected chi connectivity index (χ3v) is 3.57. The second-order valence-corrected chi connectivity index (χ2v) is 5.08. The lowest BCUT2D eigenvalue weighted by Crippen LogP contribution is -2.04. The van der Waals surface area contributed by atoms with Gasteiger partial charge in [-0.2, -0.15) is 0 Å². The quantitative estimate of drug-likeness (QED) is 0.675. The van der Waals surface area contributed by atoms with Gasteiger partial charge in [0.1, 0.15) is 4.60 Å². The van der Waals surface area contributed by atoms with Crippen molar-refractivity contribution in [3.63, 3.8) is 0 Å². The number of carbonyl (C=O) groups excluding carboxylic acids is 1. The summed E-state index contributed by atoms with van der Waals surface area (Å²) >= 11 is 3.38. The minimum absolute atomic E-state index is 0.320. The van der Waals surface area contributed by atoms with E-state index >= 15 is 0 Å². The molecule has 0 saturated carbocycles. The summed E-state index contributed by atoms with van der Waals surface area (Å²) in [4.78, 5) is 16.1. The molecule has 108 valence electrons. The molecule has 3 rings (SSSR count). The van der Waals surface area contributed by atoms with Crippen molar-refractivity contribution in [3.8, 4) is 11.5 Å². The van der Waals surface area contributed by atoms with Crippen molar-refractivity contribution in [2.45, 2.75) is 13.3 Å². The van der Waals surface area contributed by atoms with E-state index in [1.165, 1.54) is 7.11 Å². The number of hydrogen-bond acceptors (Lipinski definition) is 6. The van der Waals surface area contributed by atoms with Crippen LogP contribution in [0.15, 0.2) is 27.5 Å². The number of carbonyl (C=O) groups is 1. The average molecular weight is 351 g/mol. The maximum atomic E-state index is 11.8. The van der Waals surface area contributed by atoms with E-state index in [2.05, 4.69) is 31.1 Å². The van der Waals surface area contributed by atoms with Gasteiger partial charge in [-0.3, -0.25) is 4.40 Å². The van der Waals surface area contributed by atoms with Crippen LogP contribution in [0.25, 0.3) is 17.1 Å². The SMILES string of the molecule is CCc1nnc(-c2cc(C(=O)OC)cn3c(Br)cnc23)o1. The van der Waals surface area contributed by atoms with Gasteiger partial charge in [0.05, 0.1) is 24.4 Å². The molecule has 3 heterocycles. The third kappa shape index (κ3) is 2.31. The number of hydrogen-bond donors (Lipinski definition) is 0. The van der Waals surface area contributed by atoms with Crippen molar-refractivity contribution in [2.24, 2.45) is 0 Å². The lowest BCUT2D eigenvalue weighted by atomic mass is 10.2. The summed E-state index contributed by atoms with van der Waals surface area (Å²) in [6, 6.07) is 1.63. The molecule has 0 atom stereocenters. The second-order valence-electron chi connectivity index (χ2n) is 4.26. The molecule has 0 amide bonds. The number of nitrogens with zero attached hydrogens (tertiary/aromatic N) is 4. The Kier molecular flexibility index (Phi) is 3.46. The van der Waals surface area contributed by atoms with Crippen LogP contribution in [-0.2, 0) is 11.2 Å². The first kappa shape index (κ1) is 13.7. The van der Waals surface area contributed by atoms with Gasteiger partial charge in [0.25, 0.3) is 5.89 Å². The summed E-state index contributed by atoms with van der Waals surface area (Å²) in [5.41, 5.74) is 1.56. The van der Waals surface area contributed by atoms with Crippen molar-refractivity contribution in [3.05, 3.63) is 34.5 Å². The number of halogens is 1. The van der Waals surface area contributed by atoms with E-state index in [9.17, 15) is 4.79 Å². The zero-order valence-corrected chi connectivity index (χ0v) is 12.9. The highest BCUT2D eigenvalue weighted by Crippen LogP contribution is 2.27. The summed E-state index contributed by atoms with van der Waals surface area (Å²) in [5.74, 6) is 0.395. The van der Waals surface area contributed by atoms with Crippen molar-refractivity contribution in [1.82, 2.24) is 19.6 Å². The van der Waals surface area contributed by atoms with Crippen LogP contribution in [0.3, 0.4) is 0 Å². The number of imidazole rings is 1. The first-order valence-electron chi connectivity index (χ1n) is 6.21. The highest BCUT2D eigenvalue weighted by atomic mass is 79.9. The minimum Gasteiger partial charge on any atom is -0.465 e. The predicted molar refractivity (Wildman–Crippen MR) is 76.9 cm³/mol. The molecule has 0 radical (unpaired) electrons. The fourth-order valence-corrected chi connectivity index (χ4v) is 2.32. The summed E-state index contributed by atoms with van der Waals surface area (Å²) < 4.78 is 12.8. The lowest BCUT2D eigenvalue weighted by Gasteiger charge is -2.05. The fraction of sp³-hybridized carbons (Fsp3) is 0.231. The molecular formula is C13H11BrN4O3. The Morgan fingerprint density at radius 1 is 1.48 bits per heavy atom. The van der Waals surface area contributed by atoms with Gasteiger partial charge in [0.15, 0.2) is 5.65 Å². The molecule has 7 nitrogen and oxygen atoms in total. The summed E-state index contributed by atoms with van der Waals surface area (Å²) in [6.07, 6.45) is 3.91. The first-order chi connectivity index (χ1) is 10.1. The van der Waals surface area contributed by atoms with Crippen molar-refractivity contribution in [1.29, 1.82) is 0 Å². The van der Waals surface area contributed by atoms with Crippen LogP contribution in [0.1, 0.15) is 23.2 Å². The topological polar surface area (TPSA) is 82.5 Å². The molecule has 0 spiro atoms. The number of fused-ring (bicyclic) bond motifs is 1. The predicted octanol–water partition coefficient (Wildman–Crippen LogP) is 2.50. The van der Waals surface area contributed by atoms with Gasteiger partial charge < -0.3 is 9.15 Å². The molecule has 3 aromatic rings. The van der Waals surface area contributed by atoms with Crippen LogP contribution in [0.5, 0.6) is 0 Å². The number of methoxy groups -OCH3 is 1. The monoisotopic (exact) mass is 350 g/mol. The Bertz CT molecular complexity index is 824. The van der Waals surface area contributed by atoms with Crippen molar-refractivity contribution in [2.75, 3.05) is 7.11 Å². The molecule has 0 bridgehead atoms. The van der Waals surface area contributed by atoms with E-state index in [4.69, 9.17) is 9.15 Å². The Hall–Kier alpha value is -2.22. The Morgan fingerprint density at radius 3 is 2.95 bits per heavy atom. The number of pyridine rings is 1. The number of aryl methyl sites for hydroxylation is 1. The number of ether oxygens (including phenoxy) is 1. The maximum absolute atomic E-state index is 11.8. The van der Waals surface area contributed by atoms with Gasteiger partial charge in [0, 0.05) is 12.6 Å². The van der Waals surface area contributed by atoms with Crippen LogP contribution in [0.2, 0.25) is 0 Å². The van der Waals surface area contributed by atoms with E-state index in [1.807, 2.05) is 6.92 Å². The molecule has 21 heavy (non-hydrogen) atoms. The highest BCUT2D eigenvalue weighted by molar-refractivity contribution is 9.10. The minimum atomic E-state index is -0.450. The van der Waals surface area contributed by atoms with Gasteiger partial charge in [-0.05, 0) is 22.0 Å². The van der Waals surface area contributed by atoms with E-state index < -0.39 is 5.97 Å². The zero-order chi connectivity index (χ0) is 15.0. The number of aromatic nitrogens is 4. The smallest absolute Gasteiger partial charge is 0.339 e. The summed E-state index contributed by atoms with van der Waals surface area (Å²) in [5, 5.41) is 7.94. The fourth-order valence-electron chi connectivity index (χ4n) is 1.95. The molecule has 0 aliphatic carbocycles. The van der Waals surface area contributed by atoms with Crippen LogP contribution >= 0.6 is 15.9 Å². The summed E-state index contributed by atoms with van der Waals surface area (Å²) in [6.45, 7) is 1.92. The van der Waals surface area contributed by atoms with E-state index in [-0.39, 0.29) is 0 Å². The lowest BCUT2D eigenvalue weighted by molar-refractivity contribution is 0.0600.